The van der Waals surface area contributed by atoms with Crippen molar-refractivity contribution in [3.63, 3.8) is 0 Å². The van der Waals surface area contributed by atoms with Gasteiger partial charge in [0.15, 0.2) is 0 Å². The molecule has 1 fully saturated rings. The van der Waals surface area contributed by atoms with Crippen molar-refractivity contribution in [3.8, 4) is 0 Å². The van der Waals surface area contributed by atoms with E-state index in [0.29, 0.717) is 6.61 Å². The van der Waals surface area contributed by atoms with Gasteiger partial charge in [-0.3, -0.25) is 0 Å². The summed E-state index contributed by atoms with van der Waals surface area (Å²) in [6.45, 7) is 6.30. The molecule has 0 spiro atoms. The van der Waals surface area contributed by atoms with Crippen LogP contribution in [-0.2, 0) is 4.74 Å². The number of hydrogen-bond donors (Lipinski definition) is 1. The Hall–Kier alpha value is -1.00. The molecule has 76 valence electrons. The van der Waals surface area contributed by atoms with E-state index in [4.69, 9.17) is 4.74 Å². The molecule has 1 aromatic heterocycles. The zero-order valence-electron chi connectivity index (χ0n) is 8.58. The number of nitrogens with zero attached hydrogens (tertiary/aromatic N) is 2. The van der Waals surface area contributed by atoms with E-state index in [2.05, 4.69) is 15.3 Å². The van der Waals surface area contributed by atoms with Gasteiger partial charge in [-0.05, 0) is 19.9 Å². The maximum Gasteiger partial charge on any atom is 0.148 e. The second kappa shape index (κ2) is 4.02. The summed E-state index contributed by atoms with van der Waals surface area (Å²) >= 11 is 0. The van der Waals surface area contributed by atoms with Crippen molar-refractivity contribution in [3.05, 3.63) is 23.3 Å². The van der Waals surface area contributed by atoms with Gasteiger partial charge in [-0.1, -0.05) is 0 Å². The van der Waals surface area contributed by atoms with Crippen LogP contribution in [0.1, 0.15) is 23.3 Å². The molecule has 0 bridgehead atoms. The van der Waals surface area contributed by atoms with E-state index in [1.807, 2.05) is 19.9 Å². The molecule has 0 aliphatic carbocycles. The molecule has 1 aromatic rings. The number of nitrogens with one attached hydrogen (secondary N) is 1. The van der Waals surface area contributed by atoms with E-state index in [1.54, 1.807) is 0 Å². The highest BCUT2D eigenvalue weighted by Crippen LogP contribution is 2.12. The normalized spacial score (nSPS) is 22.3. The third-order valence-corrected chi connectivity index (χ3v) is 2.23. The van der Waals surface area contributed by atoms with Gasteiger partial charge in [0.2, 0.25) is 0 Å². The number of aryl methyl sites for hydroxylation is 2. The van der Waals surface area contributed by atoms with Crippen LogP contribution in [0.25, 0.3) is 0 Å². The van der Waals surface area contributed by atoms with E-state index >= 15 is 0 Å². The van der Waals surface area contributed by atoms with Crippen LogP contribution in [0, 0.1) is 13.8 Å². The Morgan fingerprint density at radius 3 is 2.64 bits per heavy atom. The smallest absolute Gasteiger partial charge is 0.148 e. The lowest BCUT2D eigenvalue weighted by molar-refractivity contribution is 0.0741. The minimum atomic E-state index is 0.155. The molecule has 1 aliphatic heterocycles. The third kappa shape index (κ3) is 2.08. The fourth-order valence-corrected chi connectivity index (χ4v) is 1.64. The summed E-state index contributed by atoms with van der Waals surface area (Å²) in [4.78, 5) is 8.81. The van der Waals surface area contributed by atoms with Gasteiger partial charge in [-0.2, -0.15) is 0 Å². The molecule has 0 saturated carbocycles. The molecule has 2 heterocycles. The lowest BCUT2D eigenvalue weighted by Crippen LogP contribution is -2.35. The Morgan fingerprint density at radius 2 is 2.07 bits per heavy atom. The van der Waals surface area contributed by atoms with Crippen molar-refractivity contribution >= 4 is 0 Å². The number of morpholine rings is 1. The SMILES string of the molecule is Cc1cc(C)nc(C2COCCN2)n1. The summed E-state index contributed by atoms with van der Waals surface area (Å²) < 4.78 is 5.37. The average Bonchev–Trinajstić information content (AvgIpc) is 2.18. The standard InChI is InChI=1S/C10H15N3O/c1-7-5-8(2)13-10(12-7)9-6-14-4-3-11-9/h5,9,11H,3-4,6H2,1-2H3. The van der Waals surface area contributed by atoms with Crippen LogP contribution in [0.2, 0.25) is 0 Å². The molecule has 14 heavy (non-hydrogen) atoms. The predicted octanol–water partition coefficient (Wildman–Crippen LogP) is 0.754. The first-order valence-corrected chi connectivity index (χ1v) is 4.89. The minimum Gasteiger partial charge on any atom is -0.378 e. The van der Waals surface area contributed by atoms with Gasteiger partial charge in [-0.15, -0.1) is 0 Å². The lowest BCUT2D eigenvalue weighted by Gasteiger charge is -2.22. The molecule has 1 saturated heterocycles. The lowest BCUT2D eigenvalue weighted by atomic mass is 10.2. The third-order valence-electron chi connectivity index (χ3n) is 2.23. The quantitative estimate of drug-likeness (QED) is 0.715. The zero-order valence-corrected chi connectivity index (χ0v) is 8.58. The van der Waals surface area contributed by atoms with Gasteiger partial charge in [-0.25, -0.2) is 9.97 Å². The van der Waals surface area contributed by atoms with Crippen LogP contribution in [0.3, 0.4) is 0 Å². The Bertz CT molecular complexity index is 301. The first kappa shape index (κ1) is 9.55. The van der Waals surface area contributed by atoms with Crippen molar-refractivity contribution in [1.29, 1.82) is 0 Å². The number of aromatic nitrogens is 2. The van der Waals surface area contributed by atoms with Gasteiger partial charge in [0.05, 0.1) is 19.3 Å². The summed E-state index contributed by atoms with van der Waals surface area (Å²) in [7, 11) is 0. The molecular weight excluding hydrogens is 178 g/mol. The maximum absolute atomic E-state index is 5.37. The first-order valence-electron chi connectivity index (χ1n) is 4.89. The van der Waals surface area contributed by atoms with E-state index < -0.39 is 0 Å². The first-order chi connectivity index (χ1) is 6.75. The van der Waals surface area contributed by atoms with Crippen LogP contribution >= 0.6 is 0 Å². The average molecular weight is 193 g/mol. The Balaban J connectivity index is 2.21. The molecular formula is C10H15N3O. The van der Waals surface area contributed by atoms with Gasteiger partial charge in [0, 0.05) is 17.9 Å². The van der Waals surface area contributed by atoms with E-state index in [9.17, 15) is 0 Å². The Morgan fingerprint density at radius 1 is 1.36 bits per heavy atom. The van der Waals surface area contributed by atoms with Crippen molar-refractivity contribution in [2.45, 2.75) is 19.9 Å². The summed E-state index contributed by atoms with van der Waals surface area (Å²) in [5.74, 6) is 0.849. The molecule has 4 nitrogen and oxygen atoms in total. The molecule has 1 N–H and O–H groups in total. The van der Waals surface area contributed by atoms with Crippen LogP contribution in [0.4, 0.5) is 0 Å². The van der Waals surface area contributed by atoms with Crippen molar-refractivity contribution in [1.82, 2.24) is 15.3 Å². The van der Waals surface area contributed by atoms with Gasteiger partial charge >= 0.3 is 0 Å². The topological polar surface area (TPSA) is 47.0 Å². The largest absolute Gasteiger partial charge is 0.378 e. The summed E-state index contributed by atoms with van der Waals surface area (Å²) in [6, 6.07) is 2.13. The van der Waals surface area contributed by atoms with Crippen LogP contribution in [0.5, 0.6) is 0 Å². The minimum absolute atomic E-state index is 0.155. The molecule has 1 aliphatic rings. The number of hydrogen-bond acceptors (Lipinski definition) is 4. The Labute approximate surface area is 83.7 Å². The molecule has 0 aromatic carbocycles. The molecule has 4 heteroatoms. The van der Waals surface area contributed by atoms with E-state index in [1.165, 1.54) is 0 Å². The highest BCUT2D eigenvalue weighted by molar-refractivity contribution is 5.10. The fraction of sp³-hybridized carbons (Fsp3) is 0.600. The molecule has 0 amide bonds. The monoisotopic (exact) mass is 193 g/mol. The van der Waals surface area contributed by atoms with Crippen molar-refractivity contribution < 1.29 is 4.74 Å². The van der Waals surface area contributed by atoms with E-state index in [0.717, 1.165) is 30.4 Å². The number of rotatable bonds is 1. The molecule has 1 atom stereocenters. The van der Waals surface area contributed by atoms with Gasteiger partial charge < -0.3 is 10.1 Å². The summed E-state index contributed by atoms with van der Waals surface area (Å²) in [6.07, 6.45) is 0. The number of ether oxygens (including phenoxy) is 1. The zero-order chi connectivity index (χ0) is 9.97. The van der Waals surface area contributed by atoms with Crippen LogP contribution in [0.15, 0.2) is 6.07 Å². The summed E-state index contributed by atoms with van der Waals surface area (Å²) in [5.41, 5.74) is 2.03. The van der Waals surface area contributed by atoms with E-state index in [-0.39, 0.29) is 6.04 Å². The highest BCUT2D eigenvalue weighted by atomic mass is 16.5. The van der Waals surface area contributed by atoms with Gasteiger partial charge in [0.25, 0.3) is 0 Å². The van der Waals surface area contributed by atoms with Crippen molar-refractivity contribution in [2.24, 2.45) is 0 Å². The molecule has 2 rings (SSSR count). The fourth-order valence-electron chi connectivity index (χ4n) is 1.64. The van der Waals surface area contributed by atoms with Crippen molar-refractivity contribution in [2.75, 3.05) is 19.8 Å². The highest BCUT2D eigenvalue weighted by Gasteiger charge is 2.18. The van der Waals surface area contributed by atoms with Gasteiger partial charge in [0.1, 0.15) is 5.82 Å². The predicted molar refractivity (Wildman–Crippen MR) is 53.1 cm³/mol. The van der Waals surface area contributed by atoms with Crippen LogP contribution < -0.4 is 5.32 Å². The maximum atomic E-state index is 5.37. The molecule has 1 unspecified atom stereocenters. The second-order valence-electron chi connectivity index (χ2n) is 3.59. The summed E-state index contributed by atoms with van der Waals surface area (Å²) in [5, 5.41) is 3.34. The molecule has 0 radical (unpaired) electrons. The Kier molecular flexibility index (Phi) is 2.74. The van der Waals surface area contributed by atoms with Crippen LogP contribution in [-0.4, -0.2) is 29.7 Å². The second-order valence-corrected chi connectivity index (χ2v) is 3.59.